The van der Waals surface area contributed by atoms with Crippen LogP contribution in [0.25, 0.3) is 43.9 Å². The zero-order chi connectivity index (χ0) is 50.0. The Morgan fingerprint density at radius 2 is 0.973 bits per heavy atom. The van der Waals surface area contributed by atoms with Gasteiger partial charge < -0.3 is 29.2 Å². The van der Waals surface area contributed by atoms with Crippen LogP contribution < -0.4 is 19.3 Å². The predicted octanol–water partition coefficient (Wildman–Crippen LogP) is 10.6. The van der Waals surface area contributed by atoms with Crippen molar-refractivity contribution >= 4 is 61.0 Å². The SMILES string of the molecule is O=C(C(CC1CCN(c2ccnc3cnc4[nH]ccc4c23)CC1)N1CCCC(COc2ccc(F)cc2)C1)C(CC1CCN(c2ccnc3cnc4[nH]ccc4c23)CC1)N1CCCC(COc2ccc(F)cc2)C1. The number of halogens is 2. The normalized spacial score (nSPS) is 20.7. The van der Waals surface area contributed by atoms with Crippen molar-refractivity contribution in [3.05, 3.63) is 122 Å². The third-order valence-corrected chi connectivity index (χ3v) is 16.8. The molecule has 8 aromatic rings. The number of hydrogen-bond acceptors (Lipinski definition) is 11. The second-order valence-electron chi connectivity index (χ2n) is 21.5. The van der Waals surface area contributed by atoms with Crippen molar-refractivity contribution in [2.75, 3.05) is 75.4 Å². The summed E-state index contributed by atoms with van der Waals surface area (Å²) in [5.41, 5.74) is 5.90. The second kappa shape index (κ2) is 21.6. The number of aromatic amines is 2. The molecule has 2 N–H and O–H groups in total. The average Bonchev–Trinajstić information content (AvgIpc) is 4.15. The molecule has 0 saturated carbocycles. The third-order valence-electron chi connectivity index (χ3n) is 16.8. The summed E-state index contributed by atoms with van der Waals surface area (Å²) in [5.74, 6) is 2.36. The highest BCUT2D eigenvalue weighted by atomic mass is 19.1. The molecule has 12 rings (SSSR count). The fraction of sp³-hybridized carbons (Fsp3) is 0.441. The van der Waals surface area contributed by atoms with Crippen LogP contribution in [-0.2, 0) is 4.79 Å². The van der Waals surface area contributed by atoms with Crippen molar-refractivity contribution in [1.82, 2.24) is 39.7 Å². The number of ketones is 1. The molecular formula is C59H66F2N10O3. The minimum absolute atomic E-state index is 0.240. The number of nitrogens with one attached hydrogen (secondary N) is 2. The summed E-state index contributed by atoms with van der Waals surface area (Å²) in [5, 5.41) is 4.44. The van der Waals surface area contributed by atoms with Gasteiger partial charge in [-0.1, -0.05) is 0 Å². The molecule has 4 aliphatic rings. The Morgan fingerprint density at radius 1 is 0.541 bits per heavy atom. The largest absolute Gasteiger partial charge is 0.493 e. The Balaban J connectivity index is 0.810. The Hall–Kier alpha value is -6.71. The van der Waals surface area contributed by atoms with E-state index in [0.29, 0.717) is 42.3 Å². The molecule has 384 valence electrons. The molecule has 4 saturated heterocycles. The van der Waals surface area contributed by atoms with Crippen LogP contribution in [0.4, 0.5) is 20.2 Å². The van der Waals surface area contributed by atoms with Gasteiger partial charge in [-0.3, -0.25) is 24.6 Å². The first-order valence-electron chi connectivity index (χ1n) is 27.1. The number of nitrogens with zero attached hydrogens (tertiary/aromatic N) is 8. The molecule has 74 heavy (non-hydrogen) atoms. The molecule has 15 heteroatoms. The lowest BCUT2D eigenvalue weighted by molar-refractivity contribution is -0.133. The van der Waals surface area contributed by atoms with E-state index < -0.39 is 0 Å². The van der Waals surface area contributed by atoms with Crippen molar-refractivity contribution in [1.29, 1.82) is 0 Å². The highest BCUT2D eigenvalue weighted by Crippen LogP contribution is 2.39. The van der Waals surface area contributed by atoms with Gasteiger partial charge in [0.2, 0.25) is 0 Å². The molecule has 10 heterocycles. The van der Waals surface area contributed by atoms with Gasteiger partial charge in [0.15, 0.2) is 5.78 Å². The quantitative estimate of drug-likeness (QED) is 0.0959. The monoisotopic (exact) mass is 1000 g/mol. The van der Waals surface area contributed by atoms with Gasteiger partial charge in [0.25, 0.3) is 0 Å². The van der Waals surface area contributed by atoms with Crippen molar-refractivity contribution in [2.24, 2.45) is 23.7 Å². The molecule has 4 unspecified atom stereocenters. The lowest BCUT2D eigenvalue weighted by Gasteiger charge is -2.45. The molecule has 6 aromatic heterocycles. The fourth-order valence-electron chi connectivity index (χ4n) is 12.9. The number of H-pyrrole nitrogens is 2. The van der Waals surface area contributed by atoms with Gasteiger partial charge in [0.1, 0.15) is 34.4 Å². The molecule has 0 aliphatic carbocycles. The Morgan fingerprint density at radius 3 is 1.41 bits per heavy atom. The summed E-state index contributed by atoms with van der Waals surface area (Å²) in [4.78, 5) is 51.5. The number of hydrogen-bond donors (Lipinski definition) is 2. The summed E-state index contributed by atoms with van der Waals surface area (Å²) in [6.07, 6.45) is 21.0. The Labute approximate surface area is 430 Å². The van der Waals surface area contributed by atoms with Gasteiger partial charge in [-0.15, -0.1) is 0 Å². The van der Waals surface area contributed by atoms with Gasteiger partial charge in [-0.2, -0.15) is 0 Å². The van der Waals surface area contributed by atoms with Crippen molar-refractivity contribution in [2.45, 2.75) is 76.3 Å². The van der Waals surface area contributed by atoms with Gasteiger partial charge in [0.05, 0.1) is 48.7 Å². The number of fused-ring (bicyclic) bond motifs is 6. The van der Waals surface area contributed by atoms with Crippen molar-refractivity contribution < 1.29 is 23.0 Å². The molecule has 4 aliphatic heterocycles. The molecule has 0 spiro atoms. The number of likely N-dealkylation sites (tertiary alicyclic amines) is 2. The van der Waals surface area contributed by atoms with E-state index in [1.54, 1.807) is 24.3 Å². The average molecular weight is 1000 g/mol. The number of aromatic nitrogens is 6. The minimum atomic E-state index is -0.281. The Kier molecular flexibility index (Phi) is 14.1. The smallest absolute Gasteiger partial charge is 0.167 e. The van der Waals surface area contributed by atoms with Crippen LogP contribution in [0, 0.1) is 35.3 Å². The van der Waals surface area contributed by atoms with E-state index in [0.717, 1.165) is 160 Å². The lowest BCUT2D eigenvalue weighted by Crippen LogP contribution is -2.57. The van der Waals surface area contributed by atoms with Crippen LogP contribution >= 0.6 is 0 Å². The molecule has 2 aromatic carbocycles. The van der Waals surface area contributed by atoms with E-state index in [-0.39, 0.29) is 35.6 Å². The Bertz CT molecular complexity index is 2980. The number of benzene rings is 2. The van der Waals surface area contributed by atoms with E-state index in [9.17, 15) is 8.78 Å². The maximum Gasteiger partial charge on any atom is 0.167 e. The fourth-order valence-corrected chi connectivity index (χ4v) is 12.9. The number of ether oxygens (including phenoxy) is 2. The van der Waals surface area contributed by atoms with Crippen molar-refractivity contribution in [3.8, 4) is 11.5 Å². The molecule has 0 bridgehead atoms. The van der Waals surface area contributed by atoms with Crippen LogP contribution in [0.5, 0.6) is 11.5 Å². The van der Waals surface area contributed by atoms with Crippen LogP contribution in [0.3, 0.4) is 0 Å². The third kappa shape index (κ3) is 10.4. The summed E-state index contributed by atoms with van der Waals surface area (Å²) in [7, 11) is 0. The predicted molar refractivity (Wildman–Crippen MR) is 287 cm³/mol. The van der Waals surface area contributed by atoms with Crippen LogP contribution in [-0.4, -0.2) is 123 Å². The molecule has 13 nitrogen and oxygen atoms in total. The zero-order valence-electron chi connectivity index (χ0n) is 42.1. The van der Waals surface area contributed by atoms with Gasteiger partial charge >= 0.3 is 0 Å². The molecule has 4 atom stereocenters. The van der Waals surface area contributed by atoms with Crippen LogP contribution in [0.15, 0.2) is 110 Å². The summed E-state index contributed by atoms with van der Waals surface area (Å²) < 4.78 is 40.3. The molecular weight excluding hydrogens is 935 g/mol. The number of carbonyl (C=O) groups is 1. The van der Waals surface area contributed by atoms with Crippen LogP contribution in [0.1, 0.15) is 64.2 Å². The molecule has 0 radical (unpaired) electrons. The molecule has 4 fully saturated rings. The van der Waals surface area contributed by atoms with E-state index in [4.69, 9.17) is 19.4 Å². The van der Waals surface area contributed by atoms with E-state index in [1.165, 1.54) is 35.6 Å². The van der Waals surface area contributed by atoms with E-state index in [1.807, 2.05) is 37.2 Å². The highest BCUT2D eigenvalue weighted by Gasteiger charge is 2.41. The molecule has 0 amide bonds. The number of carbonyl (C=O) groups excluding carboxylic acids is 1. The van der Waals surface area contributed by atoms with E-state index in [2.05, 4.69) is 63.8 Å². The zero-order valence-corrected chi connectivity index (χ0v) is 42.1. The van der Waals surface area contributed by atoms with Gasteiger partial charge in [-0.25, -0.2) is 18.7 Å². The van der Waals surface area contributed by atoms with Gasteiger partial charge in [-0.05, 0) is 162 Å². The first kappa shape index (κ1) is 48.2. The first-order chi connectivity index (χ1) is 36.4. The maximum absolute atomic E-state index is 16.2. The maximum atomic E-state index is 16.2. The minimum Gasteiger partial charge on any atom is -0.493 e. The topological polar surface area (TPSA) is 132 Å². The first-order valence-corrected chi connectivity index (χ1v) is 27.1. The number of pyridine rings is 4. The summed E-state index contributed by atoms with van der Waals surface area (Å²) in [6.45, 7) is 7.94. The number of rotatable bonds is 16. The summed E-state index contributed by atoms with van der Waals surface area (Å²) >= 11 is 0. The van der Waals surface area contributed by atoms with Gasteiger partial charge in [0, 0.05) is 109 Å². The lowest BCUT2D eigenvalue weighted by atomic mass is 9.81. The summed E-state index contributed by atoms with van der Waals surface area (Å²) in [6, 6.07) is 20.6. The van der Waals surface area contributed by atoms with Crippen LogP contribution in [0.2, 0.25) is 0 Å². The number of piperidine rings is 4. The second-order valence-corrected chi connectivity index (χ2v) is 21.5. The number of Topliss-reactive ketones (excluding diaryl/α,β-unsaturated/α-hetero) is 1. The highest BCUT2D eigenvalue weighted by molar-refractivity contribution is 6.11. The van der Waals surface area contributed by atoms with Crippen molar-refractivity contribution in [3.63, 3.8) is 0 Å². The number of anilines is 2. The standard InChI is InChI=1S/C59H66F2N10O3/c60-43-5-9-45(10-6-43)73-37-41-3-1-25-70(35-41)53(31-39-17-27-68(28-18-39)51-15-23-62-49-33-66-58-47(55(49)51)13-21-64-58)57(72)54(71-26-2-4-42(36-71)38-74-46-11-7-44(61)8-12-46)32-40-19-29-69(30-20-40)52-16-24-63-50-34-67-59-48(56(50)52)14-22-65-59/h5-16,21-24,33-34,39-42,53-54H,1-4,17-20,25-32,35-38H2,(H,64,66)(H,65,67). The van der Waals surface area contributed by atoms with E-state index >= 15 is 4.79 Å².